The predicted molar refractivity (Wildman–Crippen MR) is 73.6 cm³/mol. The van der Waals surface area contributed by atoms with Crippen LogP contribution < -0.4 is 0 Å². The monoisotopic (exact) mass is 322 g/mol. The summed E-state index contributed by atoms with van der Waals surface area (Å²) in [5.41, 5.74) is -1.17. The minimum absolute atomic E-state index is 0.273. The van der Waals surface area contributed by atoms with Gasteiger partial charge in [-0.2, -0.15) is 0 Å². The Morgan fingerprint density at radius 2 is 1.50 bits per heavy atom. The maximum absolute atomic E-state index is 11.9. The Morgan fingerprint density at radius 3 is 1.89 bits per heavy atom. The van der Waals surface area contributed by atoms with Crippen molar-refractivity contribution in [1.29, 1.82) is 0 Å². The quantitative estimate of drug-likeness (QED) is 0.283. The Balaban J connectivity index is 4.58. The molecule has 0 saturated heterocycles. The van der Waals surface area contributed by atoms with Crippen molar-refractivity contribution in [2.75, 3.05) is 18.5 Å². The third-order valence-corrected chi connectivity index (χ3v) is 3.32. The van der Waals surface area contributed by atoms with Crippen LogP contribution in [-0.2, 0) is 19.1 Å². The fourth-order valence-electron chi connectivity index (χ4n) is 1.62. The number of unbranched alkanes of at least 4 members (excludes halogenated alkanes) is 2. The van der Waals surface area contributed by atoms with Gasteiger partial charge in [0.1, 0.15) is 0 Å². The topological polar surface area (TPSA) is 52.6 Å². The minimum Gasteiger partial charge on any atom is -0.465 e. The summed E-state index contributed by atoms with van der Waals surface area (Å²) in [4.78, 5) is 23.8. The molecule has 0 heterocycles. The van der Waals surface area contributed by atoms with Gasteiger partial charge in [0.15, 0.2) is 5.41 Å². The molecule has 0 aromatic rings. The maximum Gasteiger partial charge on any atom is 0.323 e. The number of rotatable bonds is 9. The first-order valence-corrected chi connectivity index (χ1v) is 7.55. The summed E-state index contributed by atoms with van der Waals surface area (Å²) < 4.78 is 9.96. The van der Waals surface area contributed by atoms with Crippen molar-refractivity contribution >= 4 is 27.9 Å². The molecule has 0 bridgehead atoms. The molecule has 5 heteroatoms. The average molecular weight is 323 g/mol. The lowest BCUT2D eigenvalue weighted by atomic mass is 9.84. The van der Waals surface area contributed by atoms with E-state index >= 15 is 0 Å². The van der Waals surface area contributed by atoms with Crippen LogP contribution >= 0.6 is 15.9 Å². The van der Waals surface area contributed by atoms with Crippen LogP contribution in [0.5, 0.6) is 0 Å². The lowest BCUT2D eigenvalue weighted by Gasteiger charge is -2.24. The molecule has 0 aromatic heterocycles. The van der Waals surface area contributed by atoms with Crippen LogP contribution in [0.25, 0.3) is 0 Å². The molecule has 0 saturated carbocycles. The fraction of sp³-hybridized carbons (Fsp3) is 0.846. The molecule has 0 radical (unpaired) electrons. The second-order valence-corrected chi connectivity index (χ2v) is 5.07. The van der Waals surface area contributed by atoms with Gasteiger partial charge < -0.3 is 9.47 Å². The van der Waals surface area contributed by atoms with Gasteiger partial charge >= 0.3 is 11.9 Å². The molecule has 0 rings (SSSR count). The van der Waals surface area contributed by atoms with E-state index in [0.717, 1.165) is 24.6 Å². The maximum atomic E-state index is 11.9. The first-order chi connectivity index (χ1) is 8.52. The third kappa shape index (κ3) is 5.38. The molecule has 106 valence electrons. The largest absolute Gasteiger partial charge is 0.465 e. The number of hydrogen-bond acceptors (Lipinski definition) is 4. The van der Waals surface area contributed by atoms with E-state index in [9.17, 15) is 9.59 Å². The van der Waals surface area contributed by atoms with E-state index in [4.69, 9.17) is 9.47 Å². The van der Waals surface area contributed by atoms with E-state index in [1.54, 1.807) is 20.8 Å². The average Bonchev–Trinajstić information content (AvgIpc) is 2.35. The van der Waals surface area contributed by atoms with Crippen molar-refractivity contribution < 1.29 is 19.1 Å². The van der Waals surface area contributed by atoms with Gasteiger partial charge in [-0.3, -0.25) is 9.59 Å². The molecule has 0 aliphatic carbocycles. The first-order valence-electron chi connectivity index (χ1n) is 6.43. The van der Waals surface area contributed by atoms with Crippen LogP contribution in [0.15, 0.2) is 0 Å². The number of ether oxygens (including phenoxy) is 2. The standard InChI is InChI=1S/C13H23BrO4/c1-4-17-11(15)13(3,12(16)18-5-2)9-7-6-8-10-14/h4-10H2,1-3H3. The van der Waals surface area contributed by atoms with Gasteiger partial charge in [-0.25, -0.2) is 0 Å². The first kappa shape index (κ1) is 17.4. The summed E-state index contributed by atoms with van der Waals surface area (Å²) >= 11 is 3.35. The lowest BCUT2D eigenvalue weighted by Crippen LogP contribution is -2.39. The van der Waals surface area contributed by atoms with Gasteiger partial charge in [0.05, 0.1) is 13.2 Å². The number of esters is 2. The fourth-order valence-corrected chi connectivity index (χ4v) is 2.01. The molecule has 0 aliphatic heterocycles. The van der Waals surface area contributed by atoms with Crippen LogP contribution in [0, 0.1) is 5.41 Å². The molecule has 0 fully saturated rings. The zero-order chi connectivity index (χ0) is 14.0. The van der Waals surface area contributed by atoms with Gasteiger partial charge in [0.25, 0.3) is 0 Å². The van der Waals surface area contributed by atoms with Gasteiger partial charge in [-0.05, 0) is 33.6 Å². The summed E-state index contributed by atoms with van der Waals surface area (Å²) in [6.07, 6.45) is 3.28. The smallest absolute Gasteiger partial charge is 0.323 e. The Labute approximate surface area is 118 Å². The van der Waals surface area contributed by atoms with E-state index in [0.29, 0.717) is 6.42 Å². The van der Waals surface area contributed by atoms with Crippen molar-refractivity contribution in [2.45, 2.75) is 46.5 Å². The molecular formula is C13H23BrO4. The van der Waals surface area contributed by atoms with Crippen LogP contribution in [-0.4, -0.2) is 30.5 Å². The van der Waals surface area contributed by atoms with Crippen molar-refractivity contribution in [1.82, 2.24) is 0 Å². The van der Waals surface area contributed by atoms with Crippen LogP contribution in [0.4, 0.5) is 0 Å². The molecule has 0 unspecified atom stereocenters. The zero-order valence-corrected chi connectivity index (χ0v) is 13.0. The molecule has 0 atom stereocenters. The molecule has 18 heavy (non-hydrogen) atoms. The van der Waals surface area contributed by atoms with E-state index in [2.05, 4.69) is 15.9 Å². The summed E-state index contributed by atoms with van der Waals surface area (Å²) in [6, 6.07) is 0. The highest BCUT2D eigenvalue weighted by molar-refractivity contribution is 9.09. The summed E-state index contributed by atoms with van der Waals surface area (Å²) in [5, 5.41) is 0.933. The van der Waals surface area contributed by atoms with Gasteiger partial charge in [0, 0.05) is 5.33 Å². The Kier molecular flexibility index (Phi) is 9.06. The minimum atomic E-state index is -1.17. The Hall–Kier alpha value is -0.580. The van der Waals surface area contributed by atoms with Crippen LogP contribution in [0.2, 0.25) is 0 Å². The molecule has 0 aliphatic rings. The van der Waals surface area contributed by atoms with E-state index in [1.165, 1.54) is 0 Å². The summed E-state index contributed by atoms with van der Waals surface area (Å²) in [7, 11) is 0. The van der Waals surface area contributed by atoms with Crippen molar-refractivity contribution in [3.63, 3.8) is 0 Å². The number of halogens is 1. The predicted octanol–water partition coefficient (Wildman–Crippen LogP) is 3.07. The molecule has 0 spiro atoms. The van der Waals surface area contributed by atoms with Gasteiger partial charge in [0.2, 0.25) is 0 Å². The second kappa shape index (κ2) is 9.36. The number of carbonyl (C=O) groups excluding carboxylic acids is 2. The number of carbonyl (C=O) groups is 2. The molecule has 0 amide bonds. The Bertz CT molecular complexity index is 248. The summed E-state index contributed by atoms with van der Waals surface area (Å²) in [5.74, 6) is -0.968. The SMILES string of the molecule is CCOC(=O)C(C)(CCCCCBr)C(=O)OCC. The highest BCUT2D eigenvalue weighted by Gasteiger charge is 2.43. The third-order valence-electron chi connectivity index (χ3n) is 2.76. The molecule has 4 nitrogen and oxygen atoms in total. The van der Waals surface area contributed by atoms with E-state index in [1.807, 2.05) is 0 Å². The Morgan fingerprint density at radius 1 is 1.00 bits per heavy atom. The van der Waals surface area contributed by atoms with Crippen LogP contribution in [0.3, 0.4) is 0 Å². The number of alkyl halides is 1. The van der Waals surface area contributed by atoms with Crippen LogP contribution in [0.1, 0.15) is 46.5 Å². The highest BCUT2D eigenvalue weighted by atomic mass is 79.9. The van der Waals surface area contributed by atoms with Crippen molar-refractivity contribution in [3.8, 4) is 0 Å². The number of hydrogen-bond donors (Lipinski definition) is 0. The highest BCUT2D eigenvalue weighted by Crippen LogP contribution is 2.28. The lowest BCUT2D eigenvalue weighted by molar-refractivity contribution is -0.171. The second-order valence-electron chi connectivity index (χ2n) is 4.27. The van der Waals surface area contributed by atoms with Crippen molar-refractivity contribution in [2.24, 2.45) is 5.41 Å². The summed E-state index contributed by atoms with van der Waals surface area (Å²) in [6.45, 7) is 5.62. The van der Waals surface area contributed by atoms with E-state index < -0.39 is 17.4 Å². The molecule has 0 aromatic carbocycles. The van der Waals surface area contributed by atoms with Gasteiger partial charge in [-0.1, -0.05) is 28.8 Å². The zero-order valence-electron chi connectivity index (χ0n) is 11.5. The van der Waals surface area contributed by atoms with Crippen molar-refractivity contribution in [3.05, 3.63) is 0 Å². The molecular weight excluding hydrogens is 300 g/mol. The normalized spacial score (nSPS) is 11.1. The van der Waals surface area contributed by atoms with Gasteiger partial charge in [-0.15, -0.1) is 0 Å². The molecule has 0 N–H and O–H groups in total. The van der Waals surface area contributed by atoms with E-state index in [-0.39, 0.29) is 13.2 Å².